The molecule has 0 aromatic heterocycles. The number of nitrogens with one attached hydrogen (secondary N) is 1. The molecule has 3 rings (SSSR count). The van der Waals surface area contributed by atoms with E-state index in [4.69, 9.17) is 4.74 Å². The number of benzene rings is 1. The highest BCUT2D eigenvalue weighted by Gasteiger charge is 2.45. The number of hydrogen-bond donors (Lipinski definition) is 1. The average Bonchev–Trinajstić information content (AvgIpc) is 2.95. The van der Waals surface area contributed by atoms with Crippen LogP contribution in [0.1, 0.15) is 6.42 Å². The number of likely N-dealkylation sites (tertiary alicyclic amines) is 1. The molecule has 1 aromatic carbocycles. The monoisotopic (exact) mass is 399 g/mol. The Morgan fingerprint density at radius 1 is 1.33 bits per heavy atom. The molecule has 0 aliphatic carbocycles. The molecule has 2 aliphatic rings. The van der Waals surface area contributed by atoms with Crippen molar-refractivity contribution in [2.45, 2.75) is 17.4 Å². The molecule has 1 unspecified atom stereocenters. The lowest BCUT2D eigenvalue weighted by atomic mass is 10.1. The molecular weight excluding hydrogens is 377 g/mol. The van der Waals surface area contributed by atoms with Crippen LogP contribution in [0.15, 0.2) is 29.2 Å². The summed E-state index contributed by atoms with van der Waals surface area (Å²) < 4.78 is 44.4. The fraction of sp³-hybridized carbons (Fsp3) is 0.529. The van der Waals surface area contributed by atoms with Gasteiger partial charge in [-0.05, 0) is 18.2 Å². The summed E-state index contributed by atoms with van der Waals surface area (Å²) in [6.07, 6.45) is 0.117. The van der Waals surface area contributed by atoms with E-state index in [1.54, 1.807) is 4.90 Å². The molecule has 2 saturated heterocycles. The van der Waals surface area contributed by atoms with Gasteiger partial charge in [0.2, 0.25) is 21.8 Å². The van der Waals surface area contributed by atoms with Gasteiger partial charge in [-0.3, -0.25) is 9.59 Å². The van der Waals surface area contributed by atoms with Crippen LogP contribution in [0.3, 0.4) is 0 Å². The molecule has 148 valence electrons. The van der Waals surface area contributed by atoms with E-state index in [9.17, 15) is 22.4 Å². The summed E-state index contributed by atoms with van der Waals surface area (Å²) in [4.78, 5) is 25.8. The molecule has 2 amide bonds. The van der Waals surface area contributed by atoms with Crippen molar-refractivity contribution in [3.8, 4) is 0 Å². The Morgan fingerprint density at radius 3 is 2.74 bits per heavy atom. The molecule has 2 fully saturated rings. The molecule has 1 atom stereocenters. The summed E-state index contributed by atoms with van der Waals surface area (Å²) in [7, 11) is -2.25. The van der Waals surface area contributed by atoms with Crippen molar-refractivity contribution in [2.75, 3.05) is 39.9 Å². The predicted octanol–water partition coefficient (Wildman–Crippen LogP) is -0.190. The van der Waals surface area contributed by atoms with Crippen molar-refractivity contribution in [1.29, 1.82) is 0 Å². The van der Waals surface area contributed by atoms with E-state index in [1.165, 1.54) is 29.6 Å². The minimum absolute atomic E-state index is 0.107. The summed E-state index contributed by atoms with van der Waals surface area (Å²) in [6.45, 7) is 1.33. The molecule has 2 aliphatic heterocycles. The fourth-order valence-corrected chi connectivity index (χ4v) is 4.81. The molecule has 10 heteroatoms. The van der Waals surface area contributed by atoms with Crippen LogP contribution in [-0.4, -0.2) is 75.4 Å². The normalized spacial score (nSPS) is 21.3. The second kappa shape index (κ2) is 7.91. The lowest BCUT2D eigenvalue weighted by Gasteiger charge is -2.42. The molecule has 0 spiro atoms. The summed E-state index contributed by atoms with van der Waals surface area (Å²) in [5, 5.41) is 2.72. The van der Waals surface area contributed by atoms with Gasteiger partial charge in [-0.2, -0.15) is 4.31 Å². The molecule has 0 radical (unpaired) electrons. The van der Waals surface area contributed by atoms with Crippen molar-refractivity contribution in [3.05, 3.63) is 30.1 Å². The molecule has 1 aromatic rings. The third-order valence-electron chi connectivity index (χ3n) is 4.84. The lowest BCUT2D eigenvalue weighted by molar-refractivity contribution is -0.132. The van der Waals surface area contributed by atoms with E-state index in [0.717, 1.165) is 6.07 Å². The highest BCUT2D eigenvalue weighted by atomic mass is 32.2. The number of halogens is 1. The molecule has 1 N–H and O–H groups in total. The van der Waals surface area contributed by atoms with E-state index >= 15 is 0 Å². The number of carbonyl (C=O) groups is 2. The van der Waals surface area contributed by atoms with Crippen molar-refractivity contribution < 1.29 is 27.1 Å². The van der Waals surface area contributed by atoms with Gasteiger partial charge in [-0.25, -0.2) is 12.8 Å². The molecule has 0 bridgehead atoms. The molecule has 27 heavy (non-hydrogen) atoms. The van der Waals surface area contributed by atoms with E-state index in [2.05, 4.69) is 5.32 Å². The number of sulfonamides is 1. The Kier molecular flexibility index (Phi) is 5.78. The maximum atomic E-state index is 13.3. The topological polar surface area (TPSA) is 96.0 Å². The quantitative estimate of drug-likeness (QED) is 0.641. The highest BCUT2D eigenvalue weighted by molar-refractivity contribution is 7.89. The van der Waals surface area contributed by atoms with Gasteiger partial charge in [0.15, 0.2) is 0 Å². The van der Waals surface area contributed by atoms with Gasteiger partial charge in [0.1, 0.15) is 5.82 Å². The second-order valence-corrected chi connectivity index (χ2v) is 8.60. The zero-order valence-electron chi connectivity index (χ0n) is 14.9. The first-order valence-electron chi connectivity index (χ1n) is 8.64. The van der Waals surface area contributed by atoms with Gasteiger partial charge in [0, 0.05) is 39.7 Å². The Labute approximate surface area is 157 Å². The smallest absolute Gasteiger partial charge is 0.243 e. The fourth-order valence-electron chi connectivity index (χ4n) is 3.27. The van der Waals surface area contributed by atoms with E-state index in [-0.39, 0.29) is 48.8 Å². The Morgan fingerprint density at radius 2 is 2.07 bits per heavy atom. The van der Waals surface area contributed by atoms with Crippen LogP contribution in [0.2, 0.25) is 0 Å². The van der Waals surface area contributed by atoms with E-state index in [0.29, 0.717) is 13.2 Å². The van der Waals surface area contributed by atoms with Gasteiger partial charge >= 0.3 is 0 Å². The minimum Gasteiger partial charge on any atom is -0.383 e. The minimum atomic E-state index is -3.79. The average molecular weight is 399 g/mol. The van der Waals surface area contributed by atoms with Crippen molar-refractivity contribution >= 4 is 21.8 Å². The summed E-state index contributed by atoms with van der Waals surface area (Å²) in [5.41, 5.74) is 0. The van der Waals surface area contributed by atoms with Crippen molar-refractivity contribution in [3.63, 3.8) is 0 Å². The predicted molar refractivity (Wildman–Crippen MR) is 93.7 cm³/mol. The third kappa shape index (κ3) is 4.12. The van der Waals surface area contributed by atoms with Crippen LogP contribution in [0.5, 0.6) is 0 Å². The summed E-state index contributed by atoms with van der Waals surface area (Å²) >= 11 is 0. The summed E-state index contributed by atoms with van der Waals surface area (Å²) in [5.74, 6) is -1.42. The number of carbonyl (C=O) groups excluding carboxylic acids is 2. The van der Waals surface area contributed by atoms with Crippen LogP contribution in [0, 0.1) is 11.7 Å². The van der Waals surface area contributed by atoms with Crippen molar-refractivity contribution in [2.24, 2.45) is 5.92 Å². The lowest BCUT2D eigenvalue weighted by Crippen LogP contribution is -2.61. The first-order chi connectivity index (χ1) is 12.8. The van der Waals surface area contributed by atoms with Crippen LogP contribution in [0.4, 0.5) is 4.39 Å². The molecule has 2 heterocycles. The third-order valence-corrected chi connectivity index (χ3v) is 6.67. The van der Waals surface area contributed by atoms with Crippen molar-refractivity contribution in [1.82, 2.24) is 14.5 Å². The number of hydrogen-bond acceptors (Lipinski definition) is 5. The van der Waals surface area contributed by atoms with E-state index < -0.39 is 21.8 Å². The highest BCUT2D eigenvalue weighted by Crippen LogP contribution is 2.29. The number of nitrogens with zero attached hydrogens (tertiary/aromatic N) is 2. The largest absolute Gasteiger partial charge is 0.383 e. The standard InChI is InChI=1S/C17H22FN3O5S/c1-26-6-5-19-17(23)12-7-16(22)21(9-12)14-10-20(11-14)27(24,25)15-4-2-3-13(18)8-15/h2-4,8,12,14H,5-7,9-11H2,1H3,(H,19,23). The number of rotatable bonds is 7. The van der Waals surface area contributed by atoms with Crippen LogP contribution in [0.25, 0.3) is 0 Å². The van der Waals surface area contributed by atoms with Gasteiger partial charge in [-0.1, -0.05) is 6.07 Å². The van der Waals surface area contributed by atoms with Crippen LogP contribution >= 0.6 is 0 Å². The SMILES string of the molecule is COCCNC(=O)C1CC(=O)N(C2CN(S(=O)(=O)c3cccc(F)c3)C2)C1. The maximum Gasteiger partial charge on any atom is 0.243 e. The first-order valence-corrected chi connectivity index (χ1v) is 10.1. The van der Waals surface area contributed by atoms with Gasteiger partial charge in [0.05, 0.1) is 23.5 Å². The molecule has 8 nitrogen and oxygen atoms in total. The number of methoxy groups -OCH3 is 1. The second-order valence-electron chi connectivity index (χ2n) is 6.66. The first kappa shape index (κ1) is 19.7. The van der Waals surface area contributed by atoms with Gasteiger partial charge < -0.3 is 15.0 Å². The Bertz CT molecular complexity index is 826. The number of amides is 2. The molecular formula is C17H22FN3O5S. The Balaban J connectivity index is 1.56. The summed E-state index contributed by atoms with van der Waals surface area (Å²) in [6, 6.07) is 4.57. The van der Waals surface area contributed by atoms with Gasteiger partial charge in [0.25, 0.3) is 0 Å². The zero-order chi connectivity index (χ0) is 19.6. The van der Waals surface area contributed by atoms with Crippen LogP contribution < -0.4 is 5.32 Å². The Hall–Kier alpha value is -2.04. The van der Waals surface area contributed by atoms with Gasteiger partial charge in [-0.15, -0.1) is 0 Å². The van der Waals surface area contributed by atoms with E-state index in [1.807, 2.05) is 0 Å². The zero-order valence-corrected chi connectivity index (χ0v) is 15.7. The maximum absolute atomic E-state index is 13.3. The molecule has 0 saturated carbocycles. The number of ether oxygens (including phenoxy) is 1. The van der Waals surface area contributed by atoms with Crippen LogP contribution in [-0.2, 0) is 24.3 Å².